The van der Waals surface area contributed by atoms with Gasteiger partial charge in [-0.25, -0.2) is 0 Å². The first-order valence-electron chi connectivity index (χ1n) is 9.04. The van der Waals surface area contributed by atoms with E-state index in [4.69, 9.17) is 0 Å². The Labute approximate surface area is 148 Å². The SMILES string of the molecule is O=C1c2ccccc2C(=O)N1CCCCN1CCCc2ccccc21. The number of rotatable bonds is 5. The molecule has 4 heteroatoms. The van der Waals surface area contributed by atoms with Crippen LogP contribution in [0.3, 0.4) is 0 Å². The highest BCUT2D eigenvalue weighted by atomic mass is 16.2. The van der Waals surface area contributed by atoms with Crippen LogP contribution < -0.4 is 4.90 Å². The van der Waals surface area contributed by atoms with Gasteiger partial charge in [0.2, 0.25) is 0 Å². The summed E-state index contributed by atoms with van der Waals surface area (Å²) in [6.07, 6.45) is 4.16. The lowest BCUT2D eigenvalue weighted by Crippen LogP contribution is -2.33. The number of imide groups is 1. The van der Waals surface area contributed by atoms with E-state index in [1.165, 1.54) is 22.6 Å². The molecule has 2 aromatic carbocycles. The van der Waals surface area contributed by atoms with Gasteiger partial charge in [0, 0.05) is 25.3 Å². The summed E-state index contributed by atoms with van der Waals surface area (Å²) in [5.41, 5.74) is 3.85. The smallest absolute Gasteiger partial charge is 0.261 e. The lowest BCUT2D eigenvalue weighted by Gasteiger charge is -2.31. The van der Waals surface area contributed by atoms with E-state index in [-0.39, 0.29) is 11.8 Å². The standard InChI is InChI=1S/C21H22N2O2/c24-20-17-10-2-3-11-18(17)21(25)23(20)15-6-5-13-22-14-7-9-16-8-1-4-12-19(16)22/h1-4,8,10-12H,5-7,9,13-15H2. The van der Waals surface area contributed by atoms with Crippen LogP contribution in [0.15, 0.2) is 48.5 Å². The number of nitrogens with zero attached hydrogens (tertiary/aromatic N) is 2. The van der Waals surface area contributed by atoms with Crippen molar-refractivity contribution in [1.82, 2.24) is 4.90 Å². The third-order valence-corrected chi connectivity index (χ3v) is 5.14. The van der Waals surface area contributed by atoms with E-state index < -0.39 is 0 Å². The average molecular weight is 334 g/mol. The molecule has 25 heavy (non-hydrogen) atoms. The van der Waals surface area contributed by atoms with Crippen molar-refractivity contribution in [2.24, 2.45) is 0 Å². The van der Waals surface area contributed by atoms with E-state index in [9.17, 15) is 9.59 Å². The summed E-state index contributed by atoms with van der Waals surface area (Å²) in [5.74, 6) is -0.298. The van der Waals surface area contributed by atoms with Gasteiger partial charge in [0.25, 0.3) is 11.8 Å². The molecule has 128 valence electrons. The van der Waals surface area contributed by atoms with Crippen molar-refractivity contribution in [1.29, 1.82) is 0 Å². The topological polar surface area (TPSA) is 40.6 Å². The van der Waals surface area contributed by atoms with Crippen molar-refractivity contribution in [3.63, 3.8) is 0 Å². The first-order valence-corrected chi connectivity index (χ1v) is 9.04. The molecule has 0 atom stereocenters. The van der Waals surface area contributed by atoms with E-state index in [2.05, 4.69) is 29.2 Å². The minimum atomic E-state index is -0.149. The average Bonchev–Trinajstić information content (AvgIpc) is 2.90. The highest BCUT2D eigenvalue weighted by molar-refractivity contribution is 6.21. The van der Waals surface area contributed by atoms with Crippen LogP contribution in [0.2, 0.25) is 0 Å². The molecule has 2 heterocycles. The predicted octanol–water partition coefficient (Wildman–Crippen LogP) is 3.52. The molecule has 0 N–H and O–H groups in total. The molecule has 0 bridgehead atoms. The molecule has 2 aliphatic heterocycles. The maximum atomic E-state index is 12.4. The maximum Gasteiger partial charge on any atom is 0.261 e. The number of hydrogen-bond donors (Lipinski definition) is 0. The van der Waals surface area contributed by atoms with Gasteiger partial charge in [-0.3, -0.25) is 14.5 Å². The van der Waals surface area contributed by atoms with Crippen LogP contribution >= 0.6 is 0 Å². The van der Waals surface area contributed by atoms with Crippen LogP contribution in [0, 0.1) is 0 Å². The van der Waals surface area contributed by atoms with E-state index in [0.29, 0.717) is 17.7 Å². The Kier molecular flexibility index (Phi) is 4.26. The van der Waals surface area contributed by atoms with Crippen LogP contribution in [0.5, 0.6) is 0 Å². The van der Waals surface area contributed by atoms with Crippen molar-refractivity contribution in [3.05, 3.63) is 65.2 Å². The van der Waals surface area contributed by atoms with E-state index in [1.807, 2.05) is 0 Å². The third kappa shape index (κ3) is 2.93. The lowest BCUT2D eigenvalue weighted by atomic mass is 10.0. The Morgan fingerprint density at radius 1 is 0.800 bits per heavy atom. The largest absolute Gasteiger partial charge is 0.371 e. The summed E-state index contributed by atoms with van der Waals surface area (Å²) in [6.45, 7) is 2.56. The van der Waals surface area contributed by atoms with Gasteiger partial charge in [0.15, 0.2) is 0 Å². The van der Waals surface area contributed by atoms with Crippen LogP contribution in [0.25, 0.3) is 0 Å². The highest BCUT2D eigenvalue weighted by Gasteiger charge is 2.34. The van der Waals surface area contributed by atoms with Gasteiger partial charge in [-0.1, -0.05) is 30.3 Å². The maximum absolute atomic E-state index is 12.4. The van der Waals surface area contributed by atoms with Gasteiger partial charge < -0.3 is 4.90 Å². The minimum absolute atomic E-state index is 0.149. The molecule has 2 aromatic rings. The summed E-state index contributed by atoms with van der Waals surface area (Å²) in [4.78, 5) is 28.6. The van der Waals surface area contributed by atoms with Gasteiger partial charge >= 0.3 is 0 Å². The fourth-order valence-corrected chi connectivity index (χ4v) is 3.86. The normalized spacial score (nSPS) is 16.2. The number of fused-ring (bicyclic) bond motifs is 2. The van der Waals surface area contributed by atoms with Crippen LogP contribution in [-0.2, 0) is 6.42 Å². The number of carbonyl (C=O) groups excluding carboxylic acids is 2. The predicted molar refractivity (Wildman–Crippen MR) is 98.0 cm³/mol. The highest BCUT2D eigenvalue weighted by Crippen LogP contribution is 2.27. The van der Waals surface area contributed by atoms with Crippen LogP contribution in [0.1, 0.15) is 45.5 Å². The van der Waals surface area contributed by atoms with Gasteiger partial charge in [-0.05, 0) is 49.4 Å². The second kappa shape index (κ2) is 6.71. The van der Waals surface area contributed by atoms with E-state index >= 15 is 0 Å². The quantitative estimate of drug-likeness (QED) is 0.620. The summed E-state index contributed by atoms with van der Waals surface area (Å²) in [7, 11) is 0. The molecule has 0 saturated carbocycles. The third-order valence-electron chi connectivity index (χ3n) is 5.14. The molecular weight excluding hydrogens is 312 g/mol. The fourth-order valence-electron chi connectivity index (χ4n) is 3.86. The number of para-hydroxylation sites is 1. The zero-order chi connectivity index (χ0) is 17.2. The fraction of sp³-hybridized carbons (Fsp3) is 0.333. The molecule has 0 aliphatic carbocycles. The summed E-state index contributed by atoms with van der Waals surface area (Å²) in [6, 6.07) is 15.7. The number of aryl methyl sites for hydroxylation is 1. The molecule has 0 radical (unpaired) electrons. The molecule has 2 aliphatic rings. The Hall–Kier alpha value is -2.62. The Morgan fingerprint density at radius 3 is 2.20 bits per heavy atom. The molecule has 0 spiro atoms. The molecular formula is C21H22N2O2. The minimum Gasteiger partial charge on any atom is -0.371 e. The summed E-state index contributed by atoms with van der Waals surface area (Å²) >= 11 is 0. The Bertz CT molecular complexity index is 780. The lowest BCUT2D eigenvalue weighted by molar-refractivity contribution is 0.0652. The van der Waals surface area contributed by atoms with Gasteiger partial charge in [0.05, 0.1) is 11.1 Å². The Morgan fingerprint density at radius 2 is 1.44 bits per heavy atom. The van der Waals surface area contributed by atoms with Gasteiger partial charge in [-0.2, -0.15) is 0 Å². The van der Waals surface area contributed by atoms with Crippen molar-refractivity contribution in [2.45, 2.75) is 25.7 Å². The molecule has 0 unspecified atom stereocenters. The molecule has 2 amide bonds. The van der Waals surface area contributed by atoms with Crippen LogP contribution in [0.4, 0.5) is 5.69 Å². The second-order valence-corrected chi connectivity index (χ2v) is 6.73. The Balaban J connectivity index is 1.33. The van der Waals surface area contributed by atoms with Crippen molar-refractivity contribution >= 4 is 17.5 Å². The molecule has 0 saturated heterocycles. The van der Waals surface area contributed by atoms with Crippen molar-refractivity contribution < 1.29 is 9.59 Å². The number of benzene rings is 2. The van der Waals surface area contributed by atoms with E-state index in [1.54, 1.807) is 24.3 Å². The zero-order valence-electron chi connectivity index (χ0n) is 14.3. The molecule has 0 aromatic heterocycles. The number of hydrogen-bond acceptors (Lipinski definition) is 3. The number of anilines is 1. The monoisotopic (exact) mass is 334 g/mol. The molecule has 0 fully saturated rings. The van der Waals surface area contributed by atoms with Crippen LogP contribution in [-0.4, -0.2) is 36.3 Å². The first-order chi connectivity index (χ1) is 12.3. The molecule has 4 rings (SSSR count). The van der Waals surface area contributed by atoms with Crippen molar-refractivity contribution in [2.75, 3.05) is 24.5 Å². The zero-order valence-corrected chi connectivity index (χ0v) is 14.3. The first kappa shape index (κ1) is 15.9. The number of unbranched alkanes of at least 4 members (excludes halogenated alkanes) is 1. The summed E-state index contributed by atoms with van der Waals surface area (Å²) in [5, 5.41) is 0. The molecule has 4 nitrogen and oxygen atoms in total. The van der Waals surface area contributed by atoms with Gasteiger partial charge in [-0.15, -0.1) is 0 Å². The van der Waals surface area contributed by atoms with E-state index in [0.717, 1.165) is 32.4 Å². The van der Waals surface area contributed by atoms with Gasteiger partial charge in [0.1, 0.15) is 0 Å². The number of amides is 2. The number of carbonyl (C=O) groups is 2. The second-order valence-electron chi connectivity index (χ2n) is 6.73. The van der Waals surface area contributed by atoms with Crippen molar-refractivity contribution in [3.8, 4) is 0 Å². The summed E-state index contributed by atoms with van der Waals surface area (Å²) < 4.78 is 0.